The minimum absolute atomic E-state index is 0.417. The van der Waals surface area contributed by atoms with Crippen LogP contribution in [-0.4, -0.2) is 30.2 Å². The molecule has 3 aromatic carbocycles. The van der Waals surface area contributed by atoms with Gasteiger partial charge >= 0.3 is 5.97 Å². The van der Waals surface area contributed by atoms with Crippen molar-refractivity contribution in [3.8, 4) is 11.4 Å². The fourth-order valence-corrected chi connectivity index (χ4v) is 4.36. The van der Waals surface area contributed by atoms with Gasteiger partial charge in [-0.2, -0.15) is 0 Å². The molecule has 5 aromatic rings. The first-order valence-corrected chi connectivity index (χ1v) is 11.2. The predicted molar refractivity (Wildman–Crippen MR) is 134 cm³/mol. The molecular weight excluding hydrogens is 444 g/mol. The third-order valence-electron chi connectivity index (χ3n) is 5.97. The topological polar surface area (TPSA) is 82.7 Å². The average Bonchev–Trinajstić information content (AvgIpc) is 3.38. The molecule has 5 rings (SSSR count). The van der Waals surface area contributed by atoms with Gasteiger partial charge in [0.25, 0.3) is 5.91 Å². The summed E-state index contributed by atoms with van der Waals surface area (Å²) >= 11 is 0. The normalized spacial score (nSPS) is 11.1. The van der Waals surface area contributed by atoms with Gasteiger partial charge in [0.05, 0.1) is 18.4 Å². The average molecular weight is 469 g/mol. The number of nitrogens with zero attached hydrogens (tertiary/aromatic N) is 1. The Morgan fingerprint density at radius 2 is 1.66 bits per heavy atom. The third kappa shape index (κ3) is 4.12. The molecule has 0 saturated carbocycles. The maximum absolute atomic E-state index is 12.8. The van der Waals surface area contributed by atoms with Gasteiger partial charge in [-0.25, -0.2) is 4.79 Å². The summed E-state index contributed by atoms with van der Waals surface area (Å²) in [5.41, 5.74) is 4.81. The summed E-state index contributed by atoms with van der Waals surface area (Å²) in [6.45, 7) is 3.34. The number of amides is 1. The van der Waals surface area contributed by atoms with Gasteiger partial charge in [0.1, 0.15) is 16.9 Å². The van der Waals surface area contributed by atoms with Gasteiger partial charge in [-0.05, 0) is 44.2 Å². The SMILES string of the molecule is COc1cc2c(cc1NC(=O)COC(=O)c1cc(C)n(-c3ccccc3)c1C)oc1ccccc12. The van der Waals surface area contributed by atoms with Gasteiger partial charge in [-0.3, -0.25) is 4.79 Å². The number of anilines is 1. The van der Waals surface area contributed by atoms with Crippen LogP contribution in [0.1, 0.15) is 21.7 Å². The number of aryl methyl sites for hydroxylation is 1. The number of hydrogen-bond acceptors (Lipinski definition) is 5. The zero-order valence-electron chi connectivity index (χ0n) is 19.6. The van der Waals surface area contributed by atoms with E-state index in [4.69, 9.17) is 13.9 Å². The lowest BCUT2D eigenvalue weighted by atomic mass is 10.1. The Morgan fingerprint density at radius 1 is 0.914 bits per heavy atom. The molecule has 0 unspecified atom stereocenters. The van der Waals surface area contributed by atoms with Gasteiger partial charge in [0.2, 0.25) is 0 Å². The molecule has 2 aromatic heterocycles. The molecule has 35 heavy (non-hydrogen) atoms. The Morgan fingerprint density at radius 3 is 2.43 bits per heavy atom. The van der Waals surface area contributed by atoms with E-state index in [0.29, 0.717) is 22.6 Å². The van der Waals surface area contributed by atoms with Crippen molar-refractivity contribution in [3.05, 3.63) is 89.7 Å². The van der Waals surface area contributed by atoms with Crippen LogP contribution in [0.5, 0.6) is 5.75 Å². The quantitative estimate of drug-likeness (QED) is 0.319. The lowest BCUT2D eigenvalue weighted by Crippen LogP contribution is -2.21. The molecule has 176 valence electrons. The van der Waals surface area contributed by atoms with Crippen LogP contribution >= 0.6 is 0 Å². The van der Waals surface area contributed by atoms with E-state index >= 15 is 0 Å². The highest BCUT2D eigenvalue weighted by atomic mass is 16.5. The molecule has 0 aliphatic carbocycles. The molecule has 0 saturated heterocycles. The van der Waals surface area contributed by atoms with Crippen molar-refractivity contribution in [2.45, 2.75) is 13.8 Å². The molecule has 1 N–H and O–H groups in total. The summed E-state index contributed by atoms with van der Waals surface area (Å²) in [5.74, 6) is -0.561. The van der Waals surface area contributed by atoms with E-state index in [9.17, 15) is 9.59 Å². The molecule has 0 fully saturated rings. The summed E-state index contributed by atoms with van der Waals surface area (Å²) in [5, 5.41) is 4.60. The molecule has 0 spiro atoms. The lowest BCUT2D eigenvalue weighted by molar-refractivity contribution is -0.119. The van der Waals surface area contributed by atoms with Crippen LogP contribution in [0.4, 0.5) is 5.69 Å². The van der Waals surface area contributed by atoms with Crippen molar-refractivity contribution in [2.24, 2.45) is 0 Å². The van der Waals surface area contributed by atoms with Crippen LogP contribution in [0, 0.1) is 13.8 Å². The van der Waals surface area contributed by atoms with Crippen molar-refractivity contribution in [2.75, 3.05) is 19.0 Å². The zero-order chi connectivity index (χ0) is 24.5. The summed E-state index contributed by atoms with van der Waals surface area (Å²) in [6.07, 6.45) is 0. The standard InChI is InChI=1S/C28H24N2O5/c1-17-13-21(18(2)30(17)19-9-5-4-6-10-19)28(32)34-16-27(31)29-23-15-25-22(14-26(23)33-3)20-11-7-8-12-24(20)35-25/h4-15H,16H2,1-3H3,(H,29,31). The van der Waals surface area contributed by atoms with Gasteiger partial charge < -0.3 is 23.8 Å². The minimum Gasteiger partial charge on any atom is -0.495 e. The number of hydrogen-bond donors (Lipinski definition) is 1. The highest BCUT2D eigenvalue weighted by Crippen LogP contribution is 2.36. The number of esters is 1. The number of fused-ring (bicyclic) bond motifs is 3. The number of benzene rings is 3. The third-order valence-corrected chi connectivity index (χ3v) is 5.97. The van der Waals surface area contributed by atoms with E-state index in [0.717, 1.165) is 33.4 Å². The molecule has 1 amide bonds. The molecule has 7 heteroatoms. The molecule has 0 aliphatic heterocycles. The summed E-state index contributed by atoms with van der Waals surface area (Å²) in [4.78, 5) is 25.4. The van der Waals surface area contributed by atoms with Crippen molar-refractivity contribution in [3.63, 3.8) is 0 Å². The van der Waals surface area contributed by atoms with Crippen LogP contribution in [0.25, 0.3) is 27.6 Å². The fraction of sp³-hybridized carbons (Fsp3) is 0.143. The summed E-state index contributed by atoms with van der Waals surface area (Å²) in [6, 6.07) is 22.7. The van der Waals surface area contributed by atoms with Gasteiger partial charge in [-0.1, -0.05) is 36.4 Å². The maximum atomic E-state index is 12.8. The van der Waals surface area contributed by atoms with Crippen molar-refractivity contribution in [1.29, 1.82) is 0 Å². The first-order chi connectivity index (χ1) is 17.0. The Kier molecular flexibility index (Phi) is 5.74. The molecule has 0 bridgehead atoms. The number of methoxy groups -OCH3 is 1. The first kappa shape index (κ1) is 22.3. The molecular formula is C28H24N2O5. The number of carbonyl (C=O) groups is 2. The Hall–Kier alpha value is -4.52. The van der Waals surface area contributed by atoms with Crippen LogP contribution in [0.2, 0.25) is 0 Å². The van der Waals surface area contributed by atoms with E-state index in [2.05, 4.69) is 5.32 Å². The molecule has 0 aliphatic rings. The number of para-hydroxylation sites is 2. The zero-order valence-corrected chi connectivity index (χ0v) is 19.6. The monoisotopic (exact) mass is 468 g/mol. The van der Waals surface area contributed by atoms with E-state index in [1.165, 1.54) is 7.11 Å². The molecule has 7 nitrogen and oxygen atoms in total. The second-order valence-electron chi connectivity index (χ2n) is 8.23. The lowest BCUT2D eigenvalue weighted by Gasteiger charge is -2.11. The van der Waals surface area contributed by atoms with E-state index in [-0.39, 0.29) is 0 Å². The second-order valence-corrected chi connectivity index (χ2v) is 8.23. The number of rotatable bonds is 6. The Labute approximate surface area is 201 Å². The number of nitrogens with one attached hydrogen (secondary N) is 1. The minimum atomic E-state index is -0.560. The Bertz CT molecular complexity index is 1560. The van der Waals surface area contributed by atoms with Crippen molar-refractivity contribution in [1.82, 2.24) is 4.57 Å². The number of ether oxygens (including phenoxy) is 2. The van der Waals surface area contributed by atoms with E-state index in [1.807, 2.05) is 79.1 Å². The van der Waals surface area contributed by atoms with Crippen LogP contribution in [-0.2, 0) is 9.53 Å². The molecule has 0 radical (unpaired) electrons. The highest BCUT2D eigenvalue weighted by molar-refractivity contribution is 6.08. The van der Waals surface area contributed by atoms with E-state index < -0.39 is 18.5 Å². The summed E-state index contributed by atoms with van der Waals surface area (Å²) in [7, 11) is 1.53. The highest BCUT2D eigenvalue weighted by Gasteiger charge is 2.20. The first-order valence-electron chi connectivity index (χ1n) is 11.2. The Balaban J connectivity index is 1.31. The smallest absolute Gasteiger partial charge is 0.340 e. The molecule has 2 heterocycles. The van der Waals surface area contributed by atoms with E-state index in [1.54, 1.807) is 12.1 Å². The van der Waals surface area contributed by atoms with Crippen LogP contribution in [0.3, 0.4) is 0 Å². The van der Waals surface area contributed by atoms with Crippen LogP contribution < -0.4 is 10.1 Å². The van der Waals surface area contributed by atoms with Crippen molar-refractivity contribution >= 4 is 39.5 Å². The fourth-order valence-electron chi connectivity index (χ4n) is 4.36. The number of carbonyl (C=O) groups excluding carboxylic acids is 2. The van der Waals surface area contributed by atoms with Gasteiger partial charge in [0, 0.05) is 33.9 Å². The van der Waals surface area contributed by atoms with Gasteiger partial charge in [0.15, 0.2) is 6.61 Å². The second kappa shape index (κ2) is 9.02. The number of furan rings is 1. The van der Waals surface area contributed by atoms with Crippen molar-refractivity contribution < 1.29 is 23.5 Å². The predicted octanol–water partition coefficient (Wildman–Crippen LogP) is 5.80. The summed E-state index contributed by atoms with van der Waals surface area (Å²) < 4.78 is 18.7. The van der Waals surface area contributed by atoms with Gasteiger partial charge in [-0.15, -0.1) is 0 Å². The van der Waals surface area contributed by atoms with Crippen LogP contribution in [0.15, 0.2) is 77.2 Å². The number of aromatic nitrogens is 1. The largest absolute Gasteiger partial charge is 0.495 e. The molecule has 0 atom stereocenters. The maximum Gasteiger partial charge on any atom is 0.340 e.